The van der Waals surface area contributed by atoms with Crippen LogP contribution in [-0.4, -0.2) is 17.4 Å². The minimum atomic E-state index is -4.43. The number of benzene rings is 1. The standard InChI is InChI=1S/C16H13F3N2O/c1-9-12(2-3-14-13(9)4-5-21-15(14)22)10-6-11(8-20-7-10)16(17,18)19/h2-3,6-8H,4-5H2,1H3,(H,21,22). The molecule has 0 saturated carbocycles. The molecule has 1 aliphatic rings. The van der Waals surface area contributed by atoms with Crippen molar-refractivity contribution in [1.29, 1.82) is 0 Å². The number of alkyl halides is 3. The number of amides is 1. The number of hydrogen-bond donors (Lipinski definition) is 1. The van der Waals surface area contributed by atoms with E-state index in [-0.39, 0.29) is 5.91 Å². The molecule has 2 heterocycles. The Kier molecular flexibility index (Phi) is 3.39. The van der Waals surface area contributed by atoms with Crippen molar-refractivity contribution in [3.05, 3.63) is 52.8 Å². The molecule has 3 rings (SSSR count). The first kappa shape index (κ1) is 14.6. The molecular formula is C16H13F3N2O. The van der Waals surface area contributed by atoms with E-state index in [1.165, 1.54) is 6.20 Å². The molecule has 0 saturated heterocycles. The number of aromatic nitrogens is 1. The summed E-state index contributed by atoms with van der Waals surface area (Å²) >= 11 is 0. The minimum Gasteiger partial charge on any atom is -0.352 e. The molecule has 0 aliphatic carbocycles. The van der Waals surface area contributed by atoms with Crippen molar-refractivity contribution in [2.75, 3.05) is 6.54 Å². The summed E-state index contributed by atoms with van der Waals surface area (Å²) in [5.41, 5.74) is 2.60. The van der Waals surface area contributed by atoms with Crippen molar-refractivity contribution in [2.24, 2.45) is 0 Å². The molecule has 0 atom stereocenters. The summed E-state index contributed by atoms with van der Waals surface area (Å²) in [5.74, 6) is -0.141. The summed E-state index contributed by atoms with van der Waals surface area (Å²) in [6.07, 6.45) is -1.53. The van der Waals surface area contributed by atoms with E-state index < -0.39 is 11.7 Å². The molecule has 0 unspecified atom stereocenters. The summed E-state index contributed by atoms with van der Waals surface area (Å²) in [6, 6.07) is 4.42. The molecule has 6 heteroatoms. The van der Waals surface area contributed by atoms with Crippen LogP contribution in [0.15, 0.2) is 30.6 Å². The first-order valence-corrected chi connectivity index (χ1v) is 6.81. The lowest BCUT2D eigenvalue weighted by molar-refractivity contribution is -0.137. The summed E-state index contributed by atoms with van der Waals surface area (Å²) in [4.78, 5) is 15.5. The highest BCUT2D eigenvalue weighted by Crippen LogP contribution is 2.34. The van der Waals surface area contributed by atoms with Crippen molar-refractivity contribution >= 4 is 5.91 Å². The van der Waals surface area contributed by atoms with E-state index in [0.717, 1.165) is 23.4 Å². The van der Waals surface area contributed by atoms with Gasteiger partial charge in [0.2, 0.25) is 0 Å². The number of nitrogens with one attached hydrogen (secondary N) is 1. The van der Waals surface area contributed by atoms with Gasteiger partial charge in [-0.15, -0.1) is 0 Å². The van der Waals surface area contributed by atoms with Crippen molar-refractivity contribution in [3.8, 4) is 11.1 Å². The zero-order valence-electron chi connectivity index (χ0n) is 11.8. The first-order valence-electron chi connectivity index (χ1n) is 6.81. The normalized spacial score (nSPS) is 14.5. The van der Waals surface area contributed by atoms with Gasteiger partial charge in [-0.05, 0) is 42.2 Å². The van der Waals surface area contributed by atoms with Gasteiger partial charge in [0.1, 0.15) is 0 Å². The van der Waals surface area contributed by atoms with Gasteiger partial charge >= 0.3 is 6.18 Å². The van der Waals surface area contributed by atoms with Crippen LogP contribution in [0.4, 0.5) is 13.2 Å². The second-order valence-corrected chi connectivity index (χ2v) is 5.23. The Morgan fingerprint density at radius 2 is 1.91 bits per heavy atom. The molecule has 22 heavy (non-hydrogen) atoms. The monoisotopic (exact) mass is 306 g/mol. The Morgan fingerprint density at radius 1 is 1.18 bits per heavy atom. The zero-order chi connectivity index (χ0) is 15.9. The van der Waals surface area contributed by atoms with Gasteiger partial charge in [-0.2, -0.15) is 13.2 Å². The van der Waals surface area contributed by atoms with Gasteiger partial charge in [-0.25, -0.2) is 0 Å². The average molecular weight is 306 g/mol. The van der Waals surface area contributed by atoms with Crippen molar-refractivity contribution in [1.82, 2.24) is 10.3 Å². The average Bonchev–Trinajstić information content (AvgIpc) is 2.48. The second-order valence-electron chi connectivity index (χ2n) is 5.23. The quantitative estimate of drug-likeness (QED) is 0.878. The molecule has 0 fully saturated rings. The summed E-state index contributed by atoms with van der Waals surface area (Å²) in [6.45, 7) is 2.37. The maximum absolute atomic E-state index is 12.8. The van der Waals surface area contributed by atoms with Gasteiger partial charge in [0.05, 0.1) is 5.56 Å². The van der Waals surface area contributed by atoms with E-state index in [2.05, 4.69) is 10.3 Å². The molecule has 114 valence electrons. The van der Waals surface area contributed by atoms with Gasteiger partial charge in [0, 0.05) is 30.1 Å². The predicted octanol–water partition coefficient (Wildman–Crippen LogP) is 3.36. The second kappa shape index (κ2) is 5.12. The lowest BCUT2D eigenvalue weighted by atomic mass is 9.89. The summed E-state index contributed by atoms with van der Waals surface area (Å²) in [7, 11) is 0. The smallest absolute Gasteiger partial charge is 0.352 e. The molecule has 3 nitrogen and oxygen atoms in total. The van der Waals surface area contributed by atoms with Crippen LogP contribution in [0.5, 0.6) is 0 Å². The van der Waals surface area contributed by atoms with Crippen molar-refractivity contribution in [3.63, 3.8) is 0 Å². The van der Waals surface area contributed by atoms with Crippen LogP contribution in [0, 0.1) is 6.92 Å². The molecule has 0 spiro atoms. The van der Waals surface area contributed by atoms with Crippen LogP contribution in [0.2, 0.25) is 0 Å². The summed E-state index contributed by atoms with van der Waals surface area (Å²) < 4.78 is 38.4. The molecular weight excluding hydrogens is 293 g/mol. The zero-order valence-corrected chi connectivity index (χ0v) is 11.8. The highest BCUT2D eigenvalue weighted by Gasteiger charge is 2.31. The van der Waals surface area contributed by atoms with Crippen LogP contribution < -0.4 is 5.32 Å². The number of carbonyl (C=O) groups is 1. The van der Waals surface area contributed by atoms with E-state index in [0.29, 0.717) is 29.7 Å². The number of carbonyl (C=O) groups excluding carboxylic acids is 1. The van der Waals surface area contributed by atoms with Gasteiger partial charge in [-0.3, -0.25) is 9.78 Å². The molecule has 1 N–H and O–H groups in total. The number of rotatable bonds is 1. The molecule has 1 amide bonds. The molecule has 1 aromatic carbocycles. The third-order valence-corrected chi connectivity index (χ3v) is 3.88. The molecule has 2 aromatic rings. The summed E-state index contributed by atoms with van der Waals surface area (Å²) in [5, 5.41) is 2.75. The topological polar surface area (TPSA) is 42.0 Å². The van der Waals surface area contributed by atoms with Gasteiger partial charge in [0.25, 0.3) is 5.91 Å². The third-order valence-electron chi connectivity index (χ3n) is 3.88. The Hall–Kier alpha value is -2.37. The van der Waals surface area contributed by atoms with Crippen LogP contribution in [-0.2, 0) is 12.6 Å². The molecule has 0 bridgehead atoms. The Bertz CT molecular complexity index is 754. The largest absolute Gasteiger partial charge is 0.417 e. The maximum atomic E-state index is 12.8. The number of hydrogen-bond acceptors (Lipinski definition) is 2. The number of fused-ring (bicyclic) bond motifs is 1. The fourth-order valence-electron chi connectivity index (χ4n) is 2.74. The van der Waals surface area contributed by atoms with Crippen molar-refractivity contribution < 1.29 is 18.0 Å². The van der Waals surface area contributed by atoms with Gasteiger partial charge < -0.3 is 5.32 Å². The Balaban J connectivity index is 2.12. The van der Waals surface area contributed by atoms with Crippen LogP contribution in [0.3, 0.4) is 0 Å². The molecule has 0 radical (unpaired) electrons. The fourth-order valence-corrected chi connectivity index (χ4v) is 2.74. The lowest BCUT2D eigenvalue weighted by Crippen LogP contribution is -2.32. The molecule has 1 aliphatic heterocycles. The highest BCUT2D eigenvalue weighted by atomic mass is 19.4. The third kappa shape index (κ3) is 2.45. The molecule has 1 aromatic heterocycles. The maximum Gasteiger partial charge on any atom is 0.417 e. The first-order chi connectivity index (χ1) is 10.4. The minimum absolute atomic E-state index is 0.141. The Morgan fingerprint density at radius 3 is 2.64 bits per heavy atom. The SMILES string of the molecule is Cc1c(-c2cncc(C(F)(F)F)c2)ccc2c1CCNC2=O. The van der Waals surface area contributed by atoms with Crippen molar-refractivity contribution in [2.45, 2.75) is 19.5 Å². The van der Waals surface area contributed by atoms with E-state index in [4.69, 9.17) is 0 Å². The van der Waals surface area contributed by atoms with E-state index in [1.807, 2.05) is 6.92 Å². The number of halogens is 3. The van der Waals surface area contributed by atoms with E-state index in [9.17, 15) is 18.0 Å². The van der Waals surface area contributed by atoms with E-state index >= 15 is 0 Å². The predicted molar refractivity (Wildman–Crippen MR) is 75.4 cm³/mol. The Labute approximate surface area is 125 Å². The number of pyridine rings is 1. The van der Waals surface area contributed by atoms with Crippen LogP contribution in [0.25, 0.3) is 11.1 Å². The van der Waals surface area contributed by atoms with Gasteiger partial charge in [0.15, 0.2) is 0 Å². The van der Waals surface area contributed by atoms with Crippen LogP contribution in [0.1, 0.15) is 27.0 Å². The van der Waals surface area contributed by atoms with Gasteiger partial charge in [-0.1, -0.05) is 6.07 Å². The van der Waals surface area contributed by atoms with Crippen LogP contribution >= 0.6 is 0 Å². The number of nitrogens with zero attached hydrogens (tertiary/aromatic N) is 1. The fraction of sp³-hybridized carbons (Fsp3) is 0.250. The lowest BCUT2D eigenvalue weighted by Gasteiger charge is -2.21. The highest BCUT2D eigenvalue weighted by molar-refractivity contribution is 5.98. The van der Waals surface area contributed by atoms with E-state index in [1.54, 1.807) is 12.1 Å².